The lowest BCUT2D eigenvalue weighted by atomic mass is 9.53. The predicted molar refractivity (Wildman–Crippen MR) is 100 cm³/mol. The topological polar surface area (TPSA) is 41.1 Å². The lowest BCUT2D eigenvalue weighted by Gasteiger charge is -2.57. The molecule has 2 N–H and O–H groups in total. The molecule has 0 radical (unpaired) electrons. The molecule has 3 nitrogen and oxygen atoms in total. The van der Waals surface area contributed by atoms with Gasteiger partial charge in [-0.1, -0.05) is 17.7 Å². The largest absolute Gasteiger partial charge is 0.357 e. The highest BCUT2D eigenvalue weighted by molar-refractivity contribution is 7.80. The Balaban J connectivity index is 1.42. The first-order chi connectivity index (χ1) is 11.4. The molecule has 0 spiro atoms. The van der Waals surface area contributed by atoms with Crippen molar-refractivity contribution in [3.63, 3.8) is 0 Å². The van der Waals surface area contributed by atoms with Crippen LogP contribution in [-0.2, 0) is 0 Å². The van der Waals surface area contributed by atoms with Crippen molar-refractivity contribution in [2.24, 2.45) is 17.8 Å². The minimum absolute atomic E-state index is 0.102. The average molecular weight is 343 g/mol. The van der Waals surface area contributed by atoms with Crippen molar-refractivity contribution < 1.29 is 4.79 Å². The molecule has 4 bridgehead atoms. The summed E-state index contributed by atoms with van der Waals surface area (Å²) in [4.78, 5) is 12.5. The number of thiocarbonyl (C=S) groups is 1. The number of amides is 1. The summed E-state index contributed by atoms with van der Waals surface area (Å²) in [6, 6.07) is 5.88. The van der Waals surface area contributed by atoms with E-state index in [1.165, 1.54) is 44.1 Å². The molecule has 4 aliphatic carbocycles. The van der Waals surface area contributed by atoms with Crippen molar-refractivity contribution in [3.05, 3.63) is 34.9 Å². The molecular formula is C20H26N2OS. The van der Waals surface area contributed by atoms with Gasteiger partial charge in [-0.05, 0) is 94.0 Å². The first kappa shape index (κ1) is 16.1. The number of carbonyl (C=O) groups excluding carboxylic acids is 1. The average Bonchev–Trinajstić information content (AvgIpc) is 2.44. The van der Waals surface area contributed by atoms with Crippen LogP contribution >= 0.6 is 12.2 Å². The summed E-state index contributed by atoms with van der Waals surface area (Å²) in [6.07, 6.45) is 7.88. The second-order valence-corrected chi connectivity index (χ2v) is 8.83. The van der Waals surface area contributed by atoms with Gasteiger partial charge in [0.05, 0.1) is 0 Å². The van der Waals surface area contributed by atoms with Gasteiger partial charge >= 0.3 is 0 Å². The van der Waals surface area contributed by atoms with Crippen molar-refractivity contribution in [1.82, 2.24) is 10.6 Å². The SMILES string of the molecule is Cc1ccc(C(=O)NC(=S)NC23CC4CC(CC(C4)C2)C3)c(C)c1. The van der Waals surface area contributed by atoms with Gasteiger partial charge in [-0.25, -0.2) is 0 Å². The third kappa shape index (κ3) is 2.97. The fourth-order valence-corrected chi connectivity index (χ4v) is 6.08. The second-order valence-electron chi connectivity index (χ2n) is 8.42. The van der Waals surface area contributed by atoms with Crippen LogP contribution in [0.15, 0.2) is 18.2 Å². The maximum atomic E-state index is 12.5. The minimum Gasteiger partial charge on any atom is -0.357 e. The summed E-state index contributed by atoms with van der Waals surface area (Å²) in [7, 11) is 0. The van der Waals surface area contributed by atoms with Gasteiger partial charge in [-0.2, -0.15) is 0 Å². The van der Waals surface area contributed by atoms with Crippen molar-refractivity contribution in [1.29, 1.82) is 0 Å². The lowest BCUT2D eigenvalue weighted by molar-refractivity contribution is -0.0101. The van der Waals surface area contributed by atoms with E-state index in [0.717, 1.165) is 23.3 Å². The van der Waals surface area contributed by atoms with Gasteiger partial charge in [-0.3, -0.25) is 10.1 Å². The summed E-state index contributed by atoms with van der Waals surface area (Å²) >= 11 is 5.49. The van der Waals surface area contributed by atoms with Crippen LogP contribution < -0.4 is 10.6 Å². The van der Waals surface area contributed by atoms with Gasteiger partial charge in [0.25, 0.3) is 5.91 Å². The number of nitrogens with one attached hydrogen (secondary N) is 2. The normalized spacial score (nSPS) is 33.3. The predicted octanol–water partition coefficient (Wildman–Crippen LogP) is 3.88. The number of aryl methyl sites for hydroxylation is 2. The third-order valence-electron chi connectivity index (χ3n) is 6.27. The maximum absolute atomic E-state index is 12.5. The molecule has 1 aromatic rings. The van der Waals surface area contributed by atoms with Crippen molar-refractivity contribution in [3.8, 4) is 0 Å². The molecule has 128 valence electrons. The molecule has 0 aromatic heterocycles. The first-order valence-corrected chi connectivity index (χ1v) is 9.54. The number of rotatable bonds is 2. The summed E-state index contributed by atoms with van der Waals surface area (Å²) in [5.74, 6) is 2.49. The van der Waals surface area contributed by atoms with Crippen molar-refractivity contribution in [2.75, 3.05) is 0 Å². The van der Waals surface area contributed by atoms with Crippen molar-refractivity contribution in [2.45, 2.75) is 57.9 Å². The first-order valence-electron chi connectivity index (χ1n) is 9.13. The Labute approximate surface area is 149 Å². The Hall–Kier alpha value is -1.42. The summed E-state index contributed by atoms with van der Waals surface area (Å²) in [6.45, 7) is 4.01. The van der Waals surface area contributed by atoms with Crippen LogP contribution in [-0.4, -0.2) is 16.6 Å². The fraction of sp³-hybridized carbons (Fsp3) is 0.600. The van der Waals surface area contributed by atoms with Gasteiger partial charge in [0.15, 0.2) is 5.11 Å². The second kappa shape index (κ2) is 5.83. The van der Waals surface area contributed by atoms with Gasteiger partial charge in [-0.15, -0.1) is 0 Å². The van der Waals surface area contributed by atoms with Gasteiger partial charge < -0.3 is 5.32 Å². The molecule has 4 fully saturated rings. The van der Waals surface area contributed by atoms with E-state index in [4.69, 9.17) is 12.2 Å². The van der Waals surface area contributed by atoms with Crippen LogP contribution in [0.1, 0.15) is 60.0 Å². The van der Waals surface area contributed by atoms with Crippen LogP contribution in [0.4, 0.5) is 0 Å². The standard InChI is InChI=1S/C20H26N2OS/c1-12-3-4-17(13(2)5-12)18(23)21-19(24)22-20-9-14-6-15(10-20)8-16(7-14)11-20/h3-5,14-16H,6-11H2,1-2H3,(H2,21,22,23,24). The molecular weight excluding hydrogens is 316 g/mol. The number of carbonyl (C=O) groups is 1. The molecule has 1 aromatic carbocycles. The monoisotopic (exact) mass is 342 g/mol. The van der Waals surface area contributed by atoms with E-state index >= 15 is 0 Å². The van der Waals surface area contributed by atoms with Gasteiger partial charge in [0.2, 0.25) is 0 Å². The van der Waals surface area contributed by atoms with E-state index in [1.54, 1.807) is 0 Å². The van der Waals surface area contributed by atoms with E-state index in [9.17, 15) is 4.79 Å². The molecule has 0 atom stereocenters. The Morgan fingerprint density at radius 3 is 2.21 bits per heavy atom. The molecule has 0 heterocycles. The number of benzene rings is 1. The third-order valence-corrected chi connectivity index (χ3v) is 6.47. The van der Waals surface area contributed by atoms with Gasteiger partial charge in [0, 0.05) is 11.1 Å². The van der Waals surface area contributed by atoms with Crippen LogP contribution in [0.3, 0.4) is 0 Å². The number of hydrogen-bond acceptors (Lipinski definition) is 2. The zero-order chi connectivity index (χ0) is 16.9. The molecule has 5 rings (SSSR count). The minimum atomic E-state index is -0.102. The molecule has 4 saturated carbocycles. The van der Waals surface area contributed by atoms with Crippen molar-refractivity contribution >= 4 is 23.2 Å². The van der Waals surface area contributed by atoms with E-state index < -0.39 is 0 Å². The fourth-order valence-electron chi connectivity index (χ4n) is 5.77. The molecule has 0 unspecified atom stereocenters. The summed E-state index contributed by atoms with van der Waals surface area (Å²) < 4.78 is 0. The highest BCUT2D eigenvalue weighted by Gasteiger charge is 2.51. The molecule has 0 saturated heterocycles. The Bertz CT molecular complexity index is 662. The van der Waals surface area contributed by atoms with Gasteiger partial charge in [0.1, 0.15) is 0 Å². The Morgan fingerprint density at radius 1 is 1.08 bits per heavy atom. The van der Waals surface area contributed by atoms with Crippen LogP contribution in [0, 0.1) is 31.6 Å². The Morgan fingerprint density at radius 2 is 1.67 bits per heavy atom. The van der Waals surface area contributed by atoms with Crippen LogP contribution in [0.25, 0.3) is 0 Å². The number of hydrogen-bond donors (Lipinski definition) is 2. The highest BCUT2D eigenvalue weighted by atomic mass is 32.1. The zero-order valence-electron chi connectivity index (χ0n) is 14.5. The summed E-state index contributed by atoms with van der Waals surface area (Å²) in [5, 5.41) is 6.97. The molecule has 1 amide bonds. The zero-order valence-corrected chi connectivity index (χ0v) is 15.3. The molecule has 0 aliphatic heterocycles. The van der Waals surface area contributed by atoms with E-state index in [2.05, 4.69) is 10.6 Å². The molecule has 4 aliphatic rings. The highest BCUT2D eigenvalue weighted by Crippen LogP contribution is 2.55. The van der Waals surface area contributed by atoms with E-state index in [1.807, 2.05) is 32.0 Å². The van der Waals surface area contributed by atoms with Crippen LogP contribution in [0.5, 0.6) is 0 Å². The van der Waals surface area contributed by atoms with Crippen LogP contribution in [0.2, 0.25) is 0 Å². The van der Waals surface area contributed by atoms with E-state index in [0.29, 0.717) is 10.7 Å². The molecule has 4 heteroatoms. The van der Waals surface area contributed by atoms with E-state index in [-0.39, 0.29) is 11.4 Å². The lowest BCUT2D eigenvalue weighted by Crippen LogP contribution is -2.61. The quantitative estimate of drug-likeness (QED) is 0.802. The maximum Gasteiger partial charge on any atom is 0.257 e. The smallest absolute Gasteiger partial charge is 0.257 e. The molecule has 24 heavy (non-hydrogen) atoms. The Kier molecular flexibility index (Phi) is 3.91. The summed E-state index contributed by atoms with van der Waals surface area (Å²) in [5.41, 5.74) is 3.00.